The van der Waals surface area contributed by atoms with Gasteiger partial charge in [-0.3, -0.25) is 0 Å². The maximum absolute atomic E-state index is 11.0. The standard InChI is InChI=1S/C8H11BrO4/c9-5-4(10)2-1-3-6(11)8(12)13-7(3)5/h3-7,10-11H,1-2H2/t3-,4-,5+,6-,7+/m0/s1. The first-order valence-electron chi connectivity index (χ1n) is 4.32. The molecule has 1 aliphatic carbocycles. The second-order valence-electron chi connectivity index (χ2n) is 3.60. The van der Waals surface area contributed by atoms with Crippen LogP contribution in [-0.2, 0) is 9.53 Å². The van der Waals surface area contributed by atoms with E-state index >= 15 is 0 Å². The molecular weight excluding hydrogens is 240 g/mol. The summed E-state index contributed by atoms with van der Waals surface area (Å²) in [6.45, 7) is 0. The summed E-state index contributed by atoms with van der Waals surface area (Å²) in [6, 6.07) is 0. The van der Waals surface area contributed by atoms with Crippen LogP contribution in [0.4, 0.5) is 0 Å². The summed E-state index contributed by atoms with van der Waals surface area (Å²) < 4.78 is 4.96. The van der Waals surface area contributed by atoms with Gasteiger partial charge in [-0.05, 0) is 12.8 Å². The fraction of sp³-hybridized carbons (Fsp3) is 0.875. The minimum atomic E-state index is -1.00. The summed E-state index contributed by atoms with van der Waals surface area (Å²) in [7, 11) is 0. The fourth-order valence-corrected chi connectivity index (χ4v) is 2.77. The summed E-state index contributed by atoms with van der Waals surface area (Å²) in [5.41, 5.74) is 0. The molecule has 13 heavy (non-hydrogen) atoms. The third-order valence-electron chi connectivity index (χ3n) is 2.80. The van der Waals surface area contributed by atoms with Gasteiger partial charge in [-0.1, -0.05) is 15.9 Å². The van der Waals surface area contributed by atoms with Gasteiger partial charge in [-0.15, -0.1) is 0 Å². The Morgan fingerprint density at radius 2 is 2.08 bits per heavy atom. The number of rotatable bonds is 0. The van der Waals surface area contributed by atoms with E-state index in [-0.39, 0.29) is 16.8 Å². The number of aliphatic hydroxyl groups is 2. The summed E-state index contributed by atoms with van der Waals surface area (Å²) in [6.07, 6.45) is -0.617. The lowest BCUT2D eigenvalue weighted by Crippen LogP contribution is -2.43. The predicted molar refractivity (Wildman–Crippen MR) is 47.3 cm³/mol. The number of ether oxygens (including phenoxy) is 1. The van der Waals surface area contributed by atoms with E-state index in [4.69, 9.17) is 4.74 Å². The molecule has 1 aliphatic heterocycles. The van der Waals surface area contributed by atoms with Crippen molar-refractivity contribution in [2.75, 3.05) is 0 Å². The smallest absolute Gasteiger partial charge is 0.335 e. The van der Waals surface area contributed by atoms with Crippen molar-refractivity contribution in [2.45, 2.75) is 36.0 Å². The number of carbonyl (C=O) groups excluding carboxylic acids is 1. The molecule has 0 bridgehead atoms. The summed E-state index contributed by atoms with van der Waals surface area (Å²) >= 11 is 3.28. The number of hydrogen-bond acceptors (Lipinski definition) is 4. The van der Waals surface area contributed by atoms with Gasteiger partial charge in [0.2, 0.25) is 0 Å². The highest BCUT2D eigenvalue weighted by molar-refractivity contribution is 9.09. The maximum Gasteiger partial charge on any atom is 0.335 e. The lowest BCUT2D eigenvalue weighted by Gasteiger charge is -2.32. The number of hydrogen-bond donors (Lipinski definition) is 2. The zero-order valence-corrected chi connectivity index (χ0v) is 8.48. The molecular formula is C8H11BrO4. The second kappa shape index (κ2) is 3.22. The zero-order chi connectivity index (χ0) is 9.59. The number of fused-ring (bicyclic) bond motifs is 1. The molecule has 2 rings (SSSR count). The van der Waals surface area contributed by atoms with Crippen LogP contribution in [0, 0.1) is 5.92 Å². The molecule has 0 aromatic rings. The first kappa shape index (κ1) is 9.43. The van der Waals surface area contributed by atoms with Crippen LogP contribution in [0.25, 0.3) is 0 Å². The largest absolute Gasteiger partial charge is 0.459 e. The average molecular weight is 251 g/mol. The third kappa shape index (κ3) is 1.39. The van der Waals surface area contributed by atoms with Crippen molar-refractivity contribution in [3.63, 3.8) is 0 Å². The van der Waals surface area contributed by atoms with Crippen LogP contribution >= 0.6 is 15.9 Å². The normalized spacial score (nSPS) is 50.1. The minimum Gasteiger partial charge on any atom is -0.459 e. The molecule has 1 saturated carbocycles. The van der Waals surface area contributed by atoms with Crippen LogP contribution in [0.3, 0.4) is 0 Å². The highest BCUT2D eigenvalue weighted by Crippen LogP contribution is 2.38. The number of halogens is 1. The van der Waals surface area contributed by atoms with Crippen molar-refractivity contribution >= 4 is 21.9 Å². The second-order valence-corrected chi connectivity index (χ2v) is 4.66. The van der Waals surface area contributed by atoms with Gasteiger partial charge in [0.25, 0.3) is 0 Å². The molecule has 2 aliphatic rings. The molecule has 2 fully saturated rings. The summed E-state index contributed by atoms with van der Waals surface area (Å²) in [5.74, 6) is -0.714. The third-order valence-corrected chi connectivity index (χ3v) is 3.93. The number of alkyl halides is 1. The van der Waals surface area contributed by atoms with Gasteiger partial charge >= 0.3 is 5.97 Å². The molecule has 1 saturated heterocycles. The van der Waals surface area contributed by atoms with Crippen LogP contribution < -0.4 is 0 Å². The van der Waals surface area contributed by atoms with Crippen LogP contribution in [-0.4, -0.2) is 39.3 Å². The van der Waals surface area contributed by atoms with Crippen LogP contribution in [0.2, 0.25) is 0 Å². The van der Waals surface area contributed by atoms with Gasteiger partial charge in [0.15, 0.2) is 6.10 Å². The molecule has 0 radical (unpaired) electrons. The molecule has 0 amide bonds. The molecule has 5 atom stereocenters. The Morgan fingerprint density at radius 3 is 2.77 bits per heavy atom. The molecule has 74 valence electrons. The van der Waals surface area contributed by atoms with Gasteiger partial charge in [0.05, 0.1) is 10.9 Å². The maximum atomic E-state index is 11.0. The fourth-order valence-electron chi connectivity index (χ4n) is 2.01. The quantitative estimate of drug-likeness (QED) is 0.462. The van der Waals surface area contributed by atoms with Gasteiger partial charge in [0.1, 0.15) is 6.10 Å². The Hall–Kier alpha value is -0.130. The van der Waals surface area contributed by atoms with E-state index in [1.807, 2.05) is 0 Å². The first-order valence-corrected chi connectivity index (χ1v) is 5.23. The molecule has 0 spiro atoms. The van der Waals surface area contributed by atoms with E-state index in [1.54, 1.807) is 0 Å². The Morgan fingerprint density at radius 1 is 1.38 bits per heavy atom. The highest BCUT2D eigenvalue weighted by Gasteiger charge is 2.50. The van der Waals surface area contributed by atoms with Gasteiger partial charge in [0, 0.05) is 5.92 Å². The van der Waals surface area contributed by atoms with Crippen molar-refractivity contribution < 1.29 is 19.7 Å². The lowest BCUT2D eigenvalue weighted by atomic mass is 9.83. The van der Waals surface area contributed by atoms with Crippen molar-refractivity contribution in [3.05, 3.63) is 0 Å². The van der Waals surface area contributed by atoms with Crippen molar-refractivity contribution in [3.8, 4) is 0 Å². The topological polar surface area (TPSA) is 66.8 Å². The molecule has 2 N–H and O–H groups in total. The van der Waals surface area contributed by atoms with Crippen LogP contribution in [0.5, 0.6) is 0 Å². The van der Waals surface area contributed by atoms with E-state index in [2.05, 4.69) is 15.9 Å². The molecule has 0 unspecified atom stereocenters. The van der Waals surface area contributed by atoms with E-state index in [0.717, 1.165) is 0 Å². The van der Waals surface area contributed by atoms with E-state index in [0.29, 0.717) is 12.8 Å². The van der Waals surface area contributed by atoms with E-state index < -0.39 is 18.2 Å². The number of aliphatic hydroxyl groups excluding tert-OH is 2. The zero-order valence-electron chi connectivity index (χ0n) is 6.89. The van der Waals surface area contributed by atoms with Crippen LogP contribution in [0.1, 0.15) is 12.8 Å². The molecule has 5 heteroatoms. The van der Waals surface area contributed by atoms with Crippen molar-refractivity contribution in [2.24, 2.45) is 5.92 Å². The minimum absolute atomic E-state index is 0.153. The summed E-state index contributed by atoms with van der Waals surface area (Å²) in [5, 5.41) is 18.9. The van der Waals surface area contributed by atoms with Gasteiger partial charge < -0.3 is 14.9 Å². The average Bonchev–Trinajstić information content (AvgIpc) is 2.38. The van der Waals surface area contributed by atoms with Gasteiger partial charge in [-0.2, -0.15) is 0 Å². The Labute approximate surface area is 84.0 Å². The number of carbonyl (C=O) groups is 1. The van der Waals surface area contributed by atoms with Crippen molar-refractivity contribution in [1.82, 2.24) is 0 Å². The number of esters is 1. The predicted octanol–water partition coefficient (Wildman–Crippen LogP) is -0.193. The van der Waals surface area contributed by atoms with E-state index in [9.17, 15) is 15.0 Å². The Bertz CT molecular complexity index is 232. The Kier molecular flexibility index (Phi) is 2.33. The molecule has 4 nitrogen and oxygen atoms in total. The Balaban J connectivity index is 2.17. The molecule has 0 aromatic heterocycles. The first-order chi connectivity index (χ1) is 6.11. The van der Waals surface area contributed by atoms with Crippen LogP contribution in [0.15, 0.2) is 0 Å². The van der Waals surface area contributed by atoms with Gasteiger partial charge in [-0.25, -0.2) is 4.79 Å². The summed E-state index contributed by atoms with van der Waals surface area (Å²) in [4.78, 5) is 10.8. The highest BCUT2D eigenvalue weighted by atomic mass is 79.9. The lowest BCUT2D eigenvalue weighted by molar-refractivity contribution is -0.147. The van der Waals surface area contributed by atoms with Crippen molar-refractivity contribution in [1.29, 1.82) is 0 Å². The molecule has 0 aromatic carbocycles. The molecule has 1 heterocycles. The van der Waals surface area contributed by atoms with E-state index in [1.165, 1.54) is 0 Å². The SMILES string of the molecule is O=C1O[C@H]2[C@H](Br)[C@@H](O)CC[C@H]2[C@@H]1O. The monoisotopic (exact) mass is 250 g/mol.